The molecule has 1 atom stereocenters. The Morgan fingerprint density at radius 1 is 1.53 bits per heavy atom. The van der Waals surface area contributed by atoms with Crippen LogP contribution in [0.1, 0.15) is 18.4 Å². The lowest BCUT2D eigenvalue weighted by Crippen LogP contribution is -2.41. The second-order valence-corrected chi connectivity index (χ2v) is 4.87. The van der Waals surface area contributed by atoms with Crippen LogP contribution in [0.5, 0.6) is 0 Å². The Hall–Kier alpha value is -1.13. The minimum atomic E-state index is -0.257. The van der Waals surface area contributed by atoms with E-state index in [0.717, 1.165) is 31.5 Å². The molecule has 19 heavy (non-hydrogen) atoms. The molecule has 1 N–H and O–H groups in total. The van der Waals surface area contributed by atoms with Crippen molar-refractivity contribution in [3.63, 3.8) is 0 Å². The Kier molecular flexibility index (Phi) is 6.25. The smallest absolute Gasteiger partial charge is 0.227 e. The highest BCUT2D eigenvalue weighted by atomic mass is 35.5. The number of hydrogen-bond acceptors (Lipinski definition) is 2. The topological polar surface area (TPSA) is 32.3 Å². The number of hydrogen-bond donors (Lipinski definition) is 1. The van der Waals surface area contributed by atoms with Crippen LogP contribution in [0.25, 0.3) is 0 Å². The van der Waals surface area contributed by atoms with Crippen LogP contribution in [-0.2, 0) is 11.3 Å². The van der Waals surface area contributed by atoms with E-state index in [4.69, 9.17) is 0 Å². The summed E-state index contributed by atoms with van der Waals surface area (Å²) in [4.78, 5) is 13.9. The van der Waals surface area contributed by atoms with Crippen molar-refractivity contribution in [2.75, 3.05) is 20.1 Å². The first-order chi connectivity index (χ1) is 8.66. The Balaban J connectivity index is 0.00000180. The second-order valence-electron chi connectivity index (χ2n) is 4.87. The number of piperidine rings is 1. The lowest BCUT2D eigenvalue weighted by Gasteiger charge is -2.27. The first kappa shape index (κ1) is 15.9. The molecule has 1 aliphatic heterocycles. The molecule has 0 bridgehead atoms. The van der Waals surface area contributed by atoms with Gasteiger partial charge in [0.15, 0.2) is 0 Å². The lowest BCUT2D eigenvalue weighted by atomic mass is 9.98. The Morgan fingerprint density at radius 2 is 2.32 bits per heavy atom. The van der Waals surface area contributed by atoms with Gasteiger partial charge in [0.25, 0.3) is 0 Å². The first-order valence-corrected chi connectivity index (χ1v) is 6.37. The minimum absolute atomic E-state index is 0. The van der Waals surface area contributed by atoms with Gasteiger partial charge >= 0.3 is 0 Å². The van der Waals surface area contributed by atoms with Crippen molar-refractivity contribution in [3.8, 4) is 0 Å². The molecule has 1 aromatic carbocycles. The first-order valence-electron chi connectivity index (χ1n) is 6.37. The van der Waals surface area contributed by atoms with Gasteiger partial charge in [0.05, 0.1) is 5.92 Å². The van der Waals surface area contributed by atoms with Gasteiger partial charge in [0.1, 0.15) is 5.82 Å². The molecule has 0 unspecified atom stereocenters. The summed E-state index contributed by atoms with van der Waals surface area (Å²) in [6.45, 7) is 2.22. The third-order valence-electron chi connectivity index (χ3n) is 3.33. The van der Waals surface area contributed by atoms with E-state index in [-0.39, 0.29) is 30.0 Å². The number of carbonyl (C=O) groups is 1. The molecule has 1 saturated heterocycles. The standard InChI is InChI=1S/C14H19FN2O.ClH/c1-17(10-11-4-2-6-13(15)8-11)14(18)12-5-3-7-16-9-12;/h2,4,6,8,12,16H,3,5,7,9-10H2,1H3;1H/t12-;/m1./s1. The number of carbonyl (C=O) groups excluding carboxylic acids is 1. The van der Waals surface area contributed by atoms with Gasteiger partial charge in [-0.25, -0.2) is 4.39 Å². The summed E-state index contributed by atoms with van der Waals surface area (Å²) in [6, 6.07) is 6.40. The van der Waals surface area contributed by atoms with Crippen molar-refractivity contribution in [2.45, 2.75) is 19.4 Å². The zero-order valence-electron chi connectivity index (χ0n) is 11.1. The van der Waals surface area contributed by atoms with E-state index in [1.807, 2.05) is 6.07 Å². The predicted molar refractivity (Wildman–Crippen MR) is 75.7 cm³/mol. The fourth-order valence-corrected chi connectivity index (χ4v) is 2.36. The highest BCUT2D eigenvalue weighted by Gasteiger charge is 2.23. The van der Waals surface area contributed by atoms with Gasteiger partial charge in [-0.1, -0.05) is 12.1 Å². The number of rotatable bonds is 3. The Labute approximate surface area is 119 Å². The summed E-state index contributed by atoms with van der Waals surface area (Å²) in [6.07, 6.45) is 1.99. The van der Waals surface area contributed by atoms with E-state index in [9.17, 15) is 9.18 Å². The maximum Gasteiger partial charge on any atom is 0.227 e. The van der Waals surface area contributed by atoms with Crippen LogP contribution in [0.15, 0.2) is 24.3 Å². The quantitative estimate of drug-likeness (QED) is 0.924. The highest BCUT2D eigenvalue weighted by molar-refractivity contribution is 5.85. The van der Waals surface area contributed by atoms with E-state index in [0.29, 0.717) is 6.54 Å². The van der Waals surface area contributed by atoms with Crippen molar-refractivity contribution in [2.24, 2.45) is 5.92 Å². The van der Waals surface area contributed by atoms with Crippen LogP contribution >= 0.6 is 12.4 Å². The SMILES string of the molecule is CN(Cc1cccc(F)c1)C(=O)[C@@H]1CCCNC1.Cl. The molecule has 0 spiro atoms. The molecule has 1 fully saturated rings. The third-order valence-corrected chi connectivity index (χ3v) is 3.33. The maximum atomic E-state index is 13.1. The summed E-state index contributed by atoms with van der Waals surface area (Å²) in [7, 11) is 1.78. The van der Waals surface area contributed by atoms with Crippen LogP contribution in [0.4, 0.5) is 4.39 Å². The monoisotopic (exact) mass is 286 g/mol. The summed E-state index contributed by atoms with van der Waals surface area (Å²) < 4.78 is 13.1. The molecule has 1 amide bonds. The van der Waals surface area contributed by atoms with Crippen molar-refractivity contribution in [3.05, 3.63) is 35.6 Å². The highest BCUT2D eigenvalue weighted by Crippen LogP contribution is 2.14. The van der Waals surface area contributed by atoms with Gasteiger partial charge < -0.3 is 10.2 Å². The van der Waals surface area contributed by atoms with E-state index in [2.05, 4.69) is 5.32 Å². The molecule has 1 aliphatic rings. The van der Waals surface area contributed by atoms with Crippen molar-refractivity contribution >= 4 is 18.3 Å². The fraction of sp³-hybridized carbons (Fsp3) is 0.500. The summed E-state index contributed by atoms with van der Waals surface area (Å²) >= 11 is 0. The van der Waals surface area contributed by atoms with Crippen molar-refractivity contribution < 1.29 is 9.18 Å². The molecule has 1 aromatic rings. The molecular formula is C14H20ClFN2O. The normalized spacial score (nSPS) is 18.5. The molecule has 0 saturated carbocycles. The number of benzene rings is 1. The van der Waals surface area contributed by atoms with Crippen LogP contribution in [-0.4, -0.2) is 30.9 Å². The van der Waals surface area contributed by atoms with E-state index in [1.165, 1.54) is 12.1 Å². The summed E-state index contributed by atoms with van der Waals surface area (Å²) in [5, 5.41) is 3.24. The van der Waals surface area contributed by atoms with Crippen molar-refractivity contribution in [1.82, 2.24) is 10.2 Å². The van der Waals surface area contributed by atoms with Crippen LogP contribution in [0.3, 0.4) is 0 Å². The average Bonchev–Trinajstić information content (AvgIpc) is 2.39. The molecule has 0 radical (unpaired) electrons. The van der Waals surface area contributed by atoms with Gasteiger partial charge in [0, 0.05) is 20.1 Å². The lowest BCUT2D eigenvalue weighted by molar-refractivity contribution is -0.135. The van der Waals surface area contributed by atoms with Gasteiger partial charge in [-0.2, -0.15) is 0 Å². The Bertz CT molecular complexity index is 422. The zero-order valence-corrected chi connectivity index (χ0v) is 11.9. The number of amides is 1. The summed E-state index contributed by atoms with van der Waals surface area (Å²) in [5.41, 5.74) is 0.828. The summed E-state index contributed by atoms with van der Waals surface area (Å²) in [5.74, 6) is -0.0450. The number of nitrogens with one attached hydrogen (secondary N) is 1. The van der Waals surface area contributed by atoms with E-state index < -0.39 is 0 Å². The van der Waals surface area contributed by atoms with Gasteiger partial charge in [0.2, 0.25) is 5.91 Å². The molecule has 0 aliphatic carbocycles. The molecule has 1 heterocycles. The van der Waals surface area contributed by atoms with Gasteiger partial charge in [-0.15, -0.1) is 12.4 Å². The van der Waals surface area contributed by atoms with Crippen LogP contribution in [0.2, 0.25) is 0 Å². The fourth-order valence-electron chi connectivity index (χ4n) is 2.36. The van der Waals surface area contributed by atoms with Gasteiger partial charge in [-0.3, -0.25) is 4.79 Å². The second kappa shape index (κ2) is 7.46. The third kappa shape index (κ3) is 4.48. The molecule has 106 valence electrons. The molecule has 5 heteroatoms. The molecule has 0 aromatic heterocycles. The molecule has 2 rings (SSSR count). The average molecular weight is 287 g/mol. The minimum Gasteiger partial charge on any atom is -0.341 e. The van der Waals surface area contributed by atoms with Crippen LogP contribution < -0.4 is 5.32 Å². The Morgan fingerprint density at radius 3 is 2.95 bits per heavy atom. The zero-order chi connectivity index (χ0) is 13.0. The van der Waals surface area contributed by atoms with E-state index >= 15 is 0 Å². The molecule has 3 nitrogen and oxygen atoms in total. The largest absolute Gasteiger partial charge is 0.341 e. The van der Waals surface area contributed by atoms with E-state index in [1.54, 1.807) is 18.0 Å². The number of nitrogens with zero attached hydrogens (tertiary/aromatic N) is 1. The maximum absolute atomic E-state index is 13.1. The van der Waals surface area contributed by atoms with Crippen molar-refractivity contribution in [1.29, 1.82) is 0 Å². The molecular weight excluding hydrogens is 267 g/mol. The van der Waals surface area contributed by atoms with Gasteiger partial charge in [-0.05, 0) is 37.1 Å². The van der Waals surface area contributed by atoms with Crippen LogP contribution in [0, 0.1) is 11.7 Å². The number of halogens is 2. The predicted octanol–water partition coefficient (Wildman–Crippen LogP) is 2.21.